The van der Waals surface area contributed by atoms with Gasteiger partial charge in [0.2, 0.25) is 5.88 Å². The summed E-state index contributed by atoms with van der Waals surface area (Å²) in [5.74, 6) is 1.50. The van der Waals surface area contributed by atoms with E-state index in [-0.39, 0.29) is 0 Å². The van der Waals surface area contributed by atoms with Crippen LogP contribution in [0, 0.1) is 0 Å². The van der Waals surface area contributed by atoms with Crippen molar-refractivity contribution < 1.29 is 9.26 Å². The van der Waals surface area contributed by atoms with Gasteiger partial charge >= 0.3 is 0 Å². The molecule has 0 spiro atoms. The van der Waals surface area contributed by atoms with Gasteiger partial charge in [0.05, 0.1) is 18.9 Å². The van der Waals surface area contributed by atoms with E-state index in [1.807, 2.05) is 12.1 Å². The summed E-state index contributed by atoms with van der Waals surface area (Å²) in [7, 11) is 1.66. The first-order valence-electron chi connectivity index (χ1n) is 5.62. The molecule has 0 aliphatic rings. The predicted octanol–water partition coefficient (Wildman–Crippen LogP) is 3.82. The SMILES string of the molecule is COc1cc(-c2cnoc2N)cc(Br)c1C(C)C. The lowest BCUT2D eigenvalue weighted by Crippen LogP contribution is -1.97. The number of ether oxygens (including phenoxy) is 1. The zero-order chi connectivity index (χ0) is 13.3. The van der Waals surface area contributed by atoms with Crippen molar-refractivity contribution in [3.8, 4) is 16.9 Å². The third-order valence-electron chi connectivity index (χ3n) is 2.80. The lowest BCUT2D eigenvalue weighted by molar-refractivity contribution is 0.407. The monoisotopic (exact) mass is 310 g/mol. The van der Waals surface area contributed by atoms with Gasteiger partial charge in [-0.1, -0.05) is 34.9 Å². The van der Waals surface area contributed by atoms with Gasteiger partial charge in [0.1, 0.15) is 5.75 Å². The Labute approximate surface area is 114 Å². The highest BCUT2D eigenvalue weighted by Crippen LogP contribution is 2.38. The molecule has 4 nitrogen and oxygen atoms in total. The minimum atomic E-state index is 0.307. The van der Waals surface area contributed by atoms with Crippen molar-refractivity contribution in [2.75, 3.05) is 12.8 Å². The number of rotatable bonds is 3. The van der Waals surface area contributed by atoms with Crippen LogP contribution in [0.1, 0.15) is 25.3 Å². The maximum Gasteiger partial charge on any atom is 0.229 e. The summed E-state index contributed by atoms with van der Waals surface area (Å²) in [5, 5.41) is 3.68. The van der Waals surface area contributed by atoms with Gasteiger partial charge in [-0.15, -0.1) is 0 Å². The first kappa shape index (κ1) is 13.0. The normalized spacial score (nSPS) is 10.9. The van der Waals surface area contributed by atoms with E-state index in [1.54, 1.807) is 13.3 Å². The van der Waals surface area contributed by atoms with Gasteiger partial charge in [-0.2, -0.15) is 0 Å². The van der Waals surface area contributed by atoms with Crippen LogP contribution in [0.2, 0.25) is 0 Å². The fraction of sp³-hybridized carbons (Fsp3) is 0.308. The first-order valence-corrected chi connectivity index (χ1v) is 6.41. The van der Waals surface area contributed by atoms with Crippen molar-refractivity contribution in [1.82, 2.24) is 5.16 Å². The molecular weight excluding hydrogens is 296 g/mol. The molecule has 1 aromatic heterocycles. The topological polar surface area (TPSA) is 61.3 Å². The molecule has 2 aromatic rings. The van der Waals surface area contributed by atoms with Gasteiger partial charge in [0.15, 0.2) is 0 Å². The Balaban J connectivity index is 2.60. The van der Waals surface area contributed by atoms with Crippen LogP contribution < -0.4 is 10.5 Å². The third-order valence-corrected chi connectivity index (χ3v) is 3.45. The molecule has 0 atom stereocenters. The zero-order valence-electron chi connectivity index (χ0n) is 10.5. The molecule has 96 valence electrons. The van der Waals surface area contributed by atoms with Crippen LogP contribution in [-0.2, 0) is 0 Å². The molecule has 0 aliphatic heterocycles. The molecular formula is C13H15BrN2O2. The second-order valence-corrected chi connectivity index (χ2v) is 5.19. The number of aromatic nitrogens is 1. The standard InChI is InChI=1S/C13H15BrN2O2/c1-7(2)12-10(14)4-8(5-11(12)17-3)9-6-16-18-13(9)15/h4-7H,15H2,1-3H3. The highest BCUT2D eigenvalue weighted by atomic mass is 79.9. The average Bonchev–Trinajstić information content (AvgIpc) is 2.73. The average molecular weight is 311 g/mol. The summed E-state index contributed by atoms with van der Waals surface area (Å²) in [6.07, 6.45) is 1.60. The Morgan fingerprint density at radius 3 is 2.61 bits per heavy atom. The summed E-state index contributed by atoms with van der Waals surface area (Å²) < 4.78 is 11.3. The molecule has 1 heterocycles. The third kappa shape index (κ3) is 2.22. The van der Waals surface area contributed by atoms with Crippen LogP contribution in [0.5, 0.6) is 5.75 Å². The maximum absolute atomic E-state index is 5.73. The fourth-order valence-electron chi connectivity index (χ4n) is 1.94. The van der Waals surface area contributed by atoms with Crippen LogP contribution in [0.4, 0.5) is 5.88 Å². The summed E-state index contributed by atoms with van der Waals surface area (Å²) in [5.41, 5.74) is 8.55. The van der Waals surface area contributed by atoms with E-state index in [0.29, 0.717) is 11.8 Å². The largest absolute Gasteiger partial charge is 0.496 e. The lowest BCUT2D eigenvalue weighted by Gasteiger charge is -2.15. The summed E-state index contributed by atoms with van der Waals surface area (Å²) in [6.45, 7) is 4.24. The van der Waals surface area contributed by atoms with Crippen LogP contribution >= 0.6 is 15.9 Å². The smallest absolute Gasteiger partial charge is 0.229 e. The minimum Gasteiger partial charge on any atom is -0.496 e. The van der Waals surface area contributed by atoms with Gasteiger partial charge in [0, 0.05) is 10.0 Å². The van der Waals surface area contributed by atoms with Crippen molar-refractivity contribution in [2.24, 2.45) is 0 Å². The Hall–Kier alpha value is -1.49. The molecule has 0 amide bonds. The van der Waals surface area contributed by atoms with Gasteiger partial charge in [-0.3, -0.25) is 0 Å². The van der Waals surface area contributed by atoms with Crippen molar-refractivity contribution in [3.05, 3.63) is 28.4 Å². The van der Waals surface area contributed by atoms with Crippen molar-refractivity contribution in [3.63, 3.8) is 0 Å². The summed E-state index contributed by atoms with van der Waals surface area (Å²) in [6, 6.07) is 3.95. The van der Waals surface area contributed by atoms with Crippen molar-refractivity contribution >= 4 is 21.8 Å². The van der Waals surface area contributed by atoms with Crippen molar-refractivity contribution in [1.29, 1.82) is 0 Å². The number of benzene rings is 1. The number of nitrogens with zero attached hydrogens (tertiary/aromatic N) is 1. The van der Waals surface area contributed by atoms with E-state index in [2.05, 4.69) is 34.9 Å². The molecule has 0 saturated heterocycles. The number of nitrogen functional groups attached to an aromatic ring is 1. The Bertz CT molecular complexity index is 564. The molecule has 5 heteroatoms. The van der Waals surface area contributed by atoms with Crippen LogP contribution in [0.15, 0.2) is 27.3 Å². The number of nitrogens with two attached hydrogens (primary N) is 1. The van der Waals surface area contributed by atoms with E-state index in [1.165, 1.54) is 0 Å². The number of halogens is 1. The second-order valence-electron chi connectivity index (χ2n) is 4.33. The Kier molecular flexibility index (Phi) is 3.61. The van der Waals surface area contributed by atoms with Gasteiger partial charge in [0.25, 0.3) is 0 Å². The molecule has 18 heavy (non-hydrogen) atoms. The molecule has 2 rings (SSSR count). The number of hydrogen-bond donors (Lipinski definition) is 1. The van der Waals surface area contributed by atoms with E-state index in [4.69, 9.17) is 15.0 Å². The number of anilines is 1. The predicted molar refractivity (Wildman–Crippen MR) is 74.7 cm³/mol. The molecule has 1 aromatic carbocycles. The second kappa shape index (κ2) is 5.02. The highest BCUT2D eigenvalue weighted by Gasteiger charge is 2.16. The van der Waals surface area contributed by atoms with Crippen LogP contribution in [-0.4, -0.2) is 12.3 Å². The van der Waals surface area contributed by atoms with Gasteiger partial charge in [-0.25, -0.2) is 0 Å². The maximum atomic E-state index is 5.73. The Morgan fingerprint density at radius 2 is 2.11 bits per heavy atom. The van der Waals surface area contributed by atoms with Gasteiger partial charge in [-0.05, 0) is 23.6 Å². The number of hydrogen-bond acceptors (Lipinski definition) is 4. The van der Waals surface area contributed by atoms with E-state index < -0.39 is 0 Å². The molecule has 0 fully saturated rings. The quantitative estimate of drug-likeness (QED) is 0.936. The summed E-state index contributed by atoms with van der Waals surface area (Å²) in [4.78, 5) is 0. The van der Waals surface area contributed by atoms with Crippen LogP contribution in [0.25, 0.3) is 11.1 Å². The van der Waals surface area contributed by atoms with E-state index in [9.17, 15) is 0 Å². The van der Waals surface area contributed by atoms with E-state index >= 15 is 0 Å². The molecule has 0 bridgehead atoms. The van der Waals surface area contributed by atoms with Crippen LogP contribution in [0.3, 0.4) is 0 Å². The van der Waals surface area contributed by atoms with Crippen molar-refractivity contribution in [2.45, 2.75) is 19.8 Å². The van der Waals surface area contributed by atoms with E-state index in [0.717, 1.165) is 26.9 Å². The fourth-order valence-corrected chi connectivity index (χ4v) is 2.84. The molecule has 0 radical (unpaired) electrons. The number of methoxy groups -OCH3 is 1. The summed E-state index contributed by atoms with van der Waals surface area (Å²) >= 11 is 3.58. The Morgan fingerprint density at radius 1 is 1.39 bits per heavy atom. The molecule has 0 saturated carbocycles. The van der Waals surface area contributed by atoms with Gasteiger partial charge < -0.3 is 15.0 Å². The highest BCUT2D eigenvalue weighted by molar-refractivity contribution is 9.10. The molecule has 0 aliphatic carbocycles. The lowest BCUT2D eigenvalue weighted by atomic mass is 9.98. The molecule has 2 N–H and O–H groups in total. The zero-order valence-corrected chi connectivity index (χ0v) is 12.1. The first-order chi connectivity index (χ1) is 8.54. The molecule has 0 unspecified atom stereocenters. The minimum absolute atomic E-state index is 0.307.